The van der Waals surface area contributed by atoms with Crippen LogP contribution in [0.3, 0.4) is 0 Å². The molecule has 2 rings (SSSR count). The van der Waals surface area contributed by atoms with Gasteiger partial charge in [0, 0.05) is 12.1 Å². The van der Waals surface area contributed by atoms with Gasteiger partial charge < -0.3 is 15.2 Å². The van der Waals surface area contributed by atoms with Gasteiger partial charge in [0.15, 0.2) is 0 Å². The molecule has 0 bridgehead atoms. The van der Waals surface area contributed by atoms with Gasteiger partial charge in [0.1, 0.15) is 0 Å². The molecule has 0 radical (unpaired) electrons. The first-order chi connectivity index (χ1) is 7.05. The number of rotatable bonds is 1. The van der Waals surface area contributed by atoms with E-state index >= 15 is 0 Å². The van der Waals surface area contributed by atoms with E-state index in [0.717, 1.165) is 16.8 Å². The summed E-state index contributed by atoms with van der Waals surface area (Å²) >= 11 is 0. The van der Waals surface area contributed by atoms with E-state index in [4.69, 9.17) is 0 Å². The number of ether oxygens (including phenoxy) is 1. The lowest BCUT2D eigenvalue weighted by Gasteiger charge is -2.19. The molecule has 1 atom stereocenters. The Morgan fingerprint density at radius 2 is 2.33 bits per heavy atom. The fourth-order valence-electron chi connectivity index (χ4n) is 1.83. The van der Waals surface area contributed by atoms with Crippen molar-refractivity contribution in [3.8, 4) is 0 Å². The smallest absolute Gasteiger partial charge is 0.359 e. The molecule has 15 heavy (non-hydrogen) atoms. The van der Waals surface area contributed by atoms with Crippen LogP contribution in [0, 0.1) is 6.92 Å². The molecule has 0 aliphatic carbocycles. The quantitative estimate of drug-likeness (QED) is 0.669. The van der Waals surface area contributed by atoms with Gasteiger partial charge in [-0.1, -0.05) is 17.7 Å². The summed E-state index contributed by atoms with van der Waals surface area (Å²) in [5, 5.41) is 12.8. The molecule has 0 aromatic heterocycles. The van der Waals surface area contributed by atoms with Gasteiger partial charge >= 0.3 is 5.97 Å². The molecule has 0 fully saturated rings. The highest BCUT2D eigenvalue weighted by atomic mass is 16.5. The third-order valence-electron chi connectivity index (χ3n) is 2.57. The van der Waals surface area contributed by atoms with Gasteiger partial charge in [-0.3, -0.25) is 0 Å². The summed E-state index contributed by atoms with van der Waals surface area (Å²) in [6, 6.07) is 5.73. The lowest BCUT2D eigenvalue weighted by Crippen LogP contribution is -2.45. The van der Waals surface area contributed by atoms with E-state index in [2.05, 4.69) is 10.1 Å². The van der Waals surface area contributed by atoms with Gasteiger partial charge in [-0.2, -0.15) is 0 Å². The van der Waals surface area contributed by atoms with E-state index in [1.165, 1.54) is 7.11 Å². The summed E-state index contributed by atoms with van der Waals surface area (Å²) < 4.78 is 4.55. The Morgan fingerprint density at radius 1 is 1.60 bits per heavy atom. The average molecular weight is 207 g/mol. The second kappa shape index (κ2) is 3.24. The molecule has 0 amide bonds. The number of hydrogen-bond acceptors (Lipinski definition) is 4. The van der Waals surface area contributed by atoms with Crippen molar-refractivity contribution in [3.63, 3.8) is 0 Å². The first-order valence-corrected chi connectivity index (χ1v) is 4.74. The van der Waals surface area contributed by atoms with E-state index in [0.29, 0.717) is 0 Å². The maximum absolute atomic E-state index is 11.4. The second-order valence-electron chi connectivity index (χ2n) is 3.81. The lowest BCUT2D eigenvalue weighted by atomic mass is 10.1. The SMILES string of the molecule is COC(=O)C1(O)Cc2cc(C)ccc2N1. The number of hydrogen-bond donors (Lipinski definition) is 2. The van der Waals surface area contributed by atoms with Crippen molar-refractivity contribution in [1.82, 2.24) is 0 Å². The molecule has 0 saturated carbocycles. The van der Waals surface area contributed by atoms with Gasteiger partial charge in [0.2, 0.25) is 5.72 Å². The van der Waals surface area contributed by atoms with Crippen LogP contribution in [0.25, 0.3) is 0 Å². The number of aryl methyl sites for hydroxylation is 1. The first kappa shape index (κ1) is 9.98. The number of fused-ring (bicyclic) bond motifs is 1. The molecule has 0 saturated heterocycles. The van der Waals surface area contributed by atoms with Gasteiger partial charge in [-0.15, -0.1) is 0 Å². The highest BCUT2D eigenvalue weighted by Gasteiger charge is 2.42. The summed E-state index contributed by atoms with van der Waals surface area (Å²) in [6.45, 7) is 1.97. The first-order valence-electron chi connectivity index (χ1n) is 4.74. The minimum Gasteiger partial charge on any atom is -0.465 e. The number of carbonyl (C=O) groups is 1. The number of esters is 1. The number of anilines is 1. The zero-order chi connectivity index (χ0) is 11.1. The van der Waals surface area contributed by atoms with Crippen molar-refractivity contribution in [2.45, 2.75) is 19.1 Å². The van der Waals surface area contributed by atoms with E-state index in [-0.39, 0.29) is 6.42 Å². The van der Waals surface area contributed by atoms with Crippen LogP contribution in [0.2, 0.25) is 0 Å². The molecular formula is C11H13NO3. The van der Waals surface area contributed by atoms with Crippen LogP contribution in [0.5, 0.6) is 0 Å². The van der Waals surface area contributed by atoms with Crippen LogP contribution in [-0.2, 0) is 16.0 Å². The normalized spacial score (nSPS) is 23.1. The van der Waals surface area contributed by atoms with Gasteiger partial charge in [0.05, 0.1) is 7.11 Å². The Balaban J connectivity index is 2.32. The molecule has 1 aliphatic heterocycles. The third-order valence-corrected chi connectivity index (χ3v) is 2.57. The van der Waals surface area contributed by atoms with Crippen LogP contribution in [-0.4, -0.2) is 23.9 Å². The molecule has 4 heteroatoms. The maximum Gasteiger partial charge on any atom is 0.359 e. The van der Waals surface area contributed by atoms with Crippen molar-refractivity contribution in [2.75, 3.05) is 12.4 Å². The standard InChI is InChI=1S/C11H13NO3/c1-7-3-4-9-8(5-7)6-11(14,12-9)10(13)15-2/h3-5,12,14H,6H2,1-2H3. The molecule has 1 aromatic rings. The zero-order valence-corrected chi connectivity index (χ0v) is 8.70. The Bertz CT molecular complexity index is 416. The van der Waals surface area contributed by atoms with E-state index in [1.807, 2.05) is 25.1 Å². The summed E-state index contributed by atoms with van der Waals surface area (Å²) in [6.07, 6.45) is 0.247. The van der Waals surface area contributed by atoms with Crippen molar-refractivity contribution in [1.29, 1.82) is 0 Å². The van der Waals surface area contributed by atoms with Crippen LogP contribution >= 0.6 is 0 Å². The third kappa shape index (κ3) is 1.57. The lowest BCUT2D eigenvalue weighted by molar-refractivity contribution is -0.158. The number of nitrogens with one attached hydrogen (secondary N) is 1. The molecule has 4 nitrogen and oxygen atoms in total. The van der Waals surface area contributed by atoms with Gasteiger partial charge in [-0.25, -0.2) is 4.79 Å². The van der Waals surface area contributed by atoms with Gasteiger partial charge in [-0.05, 0) is 18.6 Å². The number of aliphatic hydroxyl groups is 1. The highest BCUT2D eigenvalue weighted by molar-refractivity contribution is 5.85. The van der Waals surface area contributed by atoms with Crippen molar-refractivity contribution < 1.29 is 14.6 Å². The second-order valence-corrected chi connectivity index (χ2v) is 3.81. The average Bonchev–Trinajstić information content (AvgIpc) is 2.53. The largest absolute Gasteiger partial charge is 0.465 e. The van der Waals surface area contributed by atoms with Gasteiger partial charge in [0.25, 0.3) is 0 Å². The highest BCUT2D eigenvalue weighted by Crippen LogP contribution is 2.32. The molecule has 1 heterocycles. The predicted molar refractivity (Wildman–Crippen MR) is 55.5 cm³/mol. The number of methoxy groups -OCH3 is 1. The summed E-state index contributed by atoms with van der Waals surface area (Å²) in [5.74, 6) is -0.656. The van der Waals surface area contributed by atoms with Crippen molar-refractivity contribution in [3.05, 3.63) is 29.3 Å². The minimum atomic E-state index is -1.61. The molecule has 1 unspecified atom stereocenters. The van der Waals surface area contributed by atoms with Crippen LogP contribution in [0.4, 0.5) is 5.69 Å². The molecule has 2 N–H and O–H groups in total. The molecule has 1 aromatic carbocycles. The maximum atomic E-state index is 11.4. The Kier molecular flexibility index (Phi) is 2.16. The fourth-order valence-corrected chi connectivity index (χ4v) is 1.83. The Morgan fingerprint density at radius 3 is 3.00 bits per heavy atom. The molecule has 80 valence electrons. The topological polar surface area (TPSA) is 58.6 Å². The van der Waals surface area contributed by atoms with Crippen LogP contribution in [0.15, 0.2) is 18.2 Å². The van der Waals surface area contributed by atoms with Crippen LogP contribution in [0.1, 0.15) is 11.1 Å². The Hall–Kier alpha value is -1.55. The molecule has 0 spiro atoms. The summed E-state index contributed by atoms with van der Waals surface area (Å²) in [4.78, 5) is 11.4. The molecule has 1 aliphatic rings. The number of benzene rings is 1. The monoisotopic (exact) mass is 207 g/mol. The van der Waals surface area contributed by atoms with Crippen molar-refractivity contribution >= 4 is 11.7 Å². The summed E-state index contributed by atoms with van der Waals surface area (Å²) in [7, 11) is 1.26. The zero-order valence-electron chi connectivity index (χ0n) is 8.70. The van der Waals surface area contributed by atoms with E-state index in [9.17, 15) is 9.90 Å². The summed E-state index contributed by atoms with van der Waals surface area (Å²) in [5.41, 5.74) is 1.21. The fraction of sp³-hybridized carbons (Fsp3) is 0.364. The van der Waals surface area contributed by atoms with E-state index < -0.39 is 11.7 Å². The van der Waals surface area contributed by atoms with Crippen molar-refractivity contribution in [2.24, 2.45) is 0 Å². The predicted octanol–water partition coefficient (Wildman–Crippen LogP) is 0.825. The Labute approximate surface area is 87.9 Å². The molecular weight excluding hydrogens is 194 g/mol. The number of carbonyl (C=O) groups excluding carboxylic acids is 1. The van der Waals surface area contributed by atoms with Crippen LogP contribution < -0.4 is 5.32 Å². The minimum absolute atomic E-state index is 0.247. The van der Waals surface area contributed by atoms with E-state index in [1.54, 1.807) is 0 Å².